The zero-order valence-electron chi connectivity index (χ0n) is 13.2. The van der Waals surface area contributed by atoms with E-state index in [4.69, 9.17) is 0 Å². The molecule has 0 bridgehead atoms. The minimum absolute atomic E-state index is 0.126. The van der Waals surface area contributed by atoms with Crippen molar-refractivity contribution in [3.05, 3.63) is 51.7 Å². The zero-order chi connectivity index (χ0) is 18.8. The number of thiophene rings is 1. The third-order valence-corrected chi connectivity index (χ3v) is 6.27. The third kappa shape index (κ3) is 4.02. The van der Waals surface area contributed by atoms with Crippen LogP contribution >= 0.6 is 11.3 Å². The molecule has 0 radical (unpaired) electrons. The number of methoxy groups -OCH3 is 1. The van der Waals surface area contributed by atoms with E-state index < -0.39 is 34.3 Å². The zero-order valence-corrected chi connectivity index (χ0v) is 14.8. The Morgan fingerprint density at radius 2 is 1.88 bits per heavy atom. The first-order valence-corrected chi connectivity index (χ1v) is 9.18. The first kappa shape index (κ1) is 19.4. The normalized spacial score (nSPS) is 12.4. The third-order valence-electron chi connectivity index (χ3n) is 3.40. The van der Waals surface area contributed by atoms with Crippen LogP contribution in [0.25, 0.3) is 0 Å². The first-order valence-electron chi connectivity index (χ1n) is 6.86. The van der Waals surface area contributed by atoms with Crippen LogP contribution in [-0.2, 0) is 27.5 Å². The number of nitrogens with zero attached hydrogens (tertiary/aromatic N) is 1. The molecule has 1 heterocycles. The number of rotatable bonds is 5. The molecule has 136 valence electrons. The van der Waals surface area contributed by atoms with Gasteiger partial charge in [-0.05, 0) is 23.1 Å². The molecular weight excluding hydrogens is 379 g/mol. The van der Waals surface area contributed by atoms with Crippen molar-refractivity contribution in [1.82, 2.24) is 4.31 Å². The molecule has 2 rings (SSSR count). The smallest absolute Gasteiger partial charge is 0.416 e. The quantitative estimate of drug-likeness (QED) is 0.731. The lowest BCUT2D eigenvalue weighted by Crippen LogP contribution is -2.28. The second kappa shape index (κ2) is 7.14. The summed E-state index contributed by atoms with van der Waals surface area (Å²) in [5.74, 6) is -0.822. The SMILES string of the molecule is COC(=O)c1sccc1S(=O)(=O)N(C)Cc1ccccc1C(F)(F)F. The fraction of sp³-hybridized carbons (Fsp3) is 0.267. The molecule has 0 aliphatic heterocycles. The first-order chi connectivity index (χ1) is 11.6. The largest absolute Gasteiger partial charge is 0.465 e. The number of carbonyl (C=O) groups excluding carboxylic acids is 1. The summed E-state index contributed by atoms with van der Waals surface area (Å²) in [4.78, 5) is 11.2. The van der Waals surface area contributed by atoms with Gasteiger partial charge in [0.2, 0.25) is 10.0 Å². The van der Waals surface area contributed by atoms with Crippen molar-refractivity contribution in [3.8, 4) is 0 Å². The van der Waals surface area contributed by atoms with Gasteiger partial charge in [0.1, 0.15) is 9.77 Å². The van der Waals surface area contributed by atoms with Gasteiger partial charge < -0.3 is 4.74 Å². The van der Waals surface area contributed by atoms with Gasteiger partial charge in [-0.2, -0.15) is 17.5 Å². The van der Waals surface area contributed by atoms with Gasteiger partial charge in [-0.25, -0.2) is 13.2 Å². The molecule has 0 aliphatic carbocycles. The van der Waals surface area contributed by atoms with Gasteiger partial charge in [-0.3, -0.25) is 0 Å². The van der Waals surface area contributed by atoms with E-state index in [2.05, 4.69) is 4.74 Å². The van der Waals surface area contributed by atoms with Crippen LogP contribution in [0.2, 0.25) is 0 Å². The number of carbonyl (C=O) groups is 1. The molecule has 0 fully saturated rings. The topological polar surface area (TPSA) is 63.7 Å². The Morgan fingerprint density at radius 1 is 1.24 bits per heavy atom. The van der Waals surface area contributed by atoms with E-state index in [0.29, 0.717) is 0 Å². The summed E-state index contributed by atoms with van der Waals surface area (Å²) in [6, 6.07) is 5.95. The predicted molar refractivity (Wildman–Crippen MR) is 85.8 cm³/mol. The molecule has 0 atom stereocenters. The number of sulfonamides is 1. The maximum atomic E-state index is 13.1. The second-order valence-corrected chi connectivity index (χ2v) is 7.95. The maximum absolute atomic E-state index is 13.1. The molecule has 0 amide bonds. The van der Waals surface area contributed by atoms with Gasteiger partial charge >= 0.3 is 12.1 Å². The minimum Gasteiger partial charge on any atom is -0.465 e. The van der Waals surface area contributed by atoms with Gasteiger partial charge in [0.15, 0.2) is 0 Å². The van der Waals surface area contributed by atoms with E-state index in [1.54, 1.807) is 0 Å². The highest BCUT2D eigenvalue weighted by Crippen LogP contribution is 2.33. The highest BCUT2D eigenvalue weighted by atomic mass is 32.2. The number of esters is 1. The Labute approximate surface area is 146 Å². The standard InChI is InChI=1S/C15H14F3NO4S2/c1-19(9-10-5-3-4-6-11(10)15(16,17)18)25(21,22)12-7-8-24-13(12)14(20)23-2/h3-8H,9H2,1-2H3. The molecule has 0 N–H and O–H groups in total. The molecule has 25 heavy (non-hydrogen) atoms. The van der Waals surface area contributed by atoms with Crippen molar-refractivity contribution in [2.24, 2.45) is 0 Å². The molecule has 10 heteroatoms. The van der Waals surface area contributed by atoms with Gasteiger partial charge in [-0.15, -0.1) is 11.3 Å². The van der Waals surface area contributed by atoms with Crippen molar-refractivity contribution in [1.29, 1.82) is 0 Å². The Balaban J connectivity index is 2.38. The Morgan fingerprint density at radius 3 is 2.48 bits per heavy atom. The molecule has 0 unspecified atom stereocenters. The van der Waals surface area contributed by atoms with E-state index >= 15 is 0 Å². The lowest BCUT2D eigenvalue weighted by molar-refractivity contribution is -0.138. The van der Waals surface area contributed by atoms with E-state index in [9.17, 15) is 26.4 Å². The van der Waals surface area contributed by atoms with Crippen LogP contribution < -0.4 is 0 Å². The van der Waals surface area contributed by atoms with Gasteiger partial charge in [-0.1, -0.05) is 18.2 Å². The Bertz CT molecular complexity index is 875. The Hall–Kier alpha value is -1.91. The molecule has 5 nitrogen and oxygen atoms in total. The second-order valence-electron chi connectivity index (χ2n) is 5.02. The summed E-state index contributed by atoms with van der Waals surface area (Å²) < 4.78 is 69.8. The van der Waals surface area contributed by atoms with Crippen molar-refractivity contribution >= 4 is 27.3 Å². The monoisotopic (exact) mass is 393 g/mol. The molecule has 1 aromatic carbocycles. The van der Waals surface area contributed by atoms with Crippen LogP contribution in [0.3, 0.4) is 0 Å². The summed E-state index contributed by atoms with van der Waals surface area (Å²) >= 11 is 0.880. The van der Waals surface area contributed by atoms with Crippen molar-refractivity contribution < 1.29 is 31.1 Å². The maximum Gasteiger partial charge on any atom is 0.416 e. The highest BCUT2D eigenvalue weighted by molar-refractivity contribution is 7.89. The average molecular weight is 393 g/mol. The summed E-state index contributed by atoms with van der Waals surface area (Å²) in [5, 5.41) is 1.40. The van der Waals surface area contributed by atoms with Crippen molar-refractivity contribution in [2.45, 2.75) is 17.6 Å². The molecular formula is C15H14F3NO4S2. The van der Waals surface area contributed by atoms with Crippen LogP contribution in [0.4, 0.5) is 13.2 Å². The summed E-state index contributed by atoms with van der Waals surface area (Å²) in [6.45, 7) is -0.492. The van der Waals surface area contributed by atoms with Gasteiger partial charge in [0.05, 0.1) is 12.7 Å². The van der Waals surface area contributed by atoms with Crippen LogP contribution in [0.1, 0.15) is 20.8 Å². The van der Waals surface area contributed by atoms with Crippen molar-refractivity contribution in [3.63, 3.8) is 0 Å². The molecule has 0 saturated carbocycles. The van der Waals surface area contributed by atoms with Crippen molar-refractivity contribution in [2.75, 3.05) is 14.2 Å². The minimum atomic E-state index is -4.60. The van der Waals surface area contributed by atoms with E-state index in [-0.39, 0.29) is 15.3 Å². The number of alkyl halides is 3. The lowest BCUT2D eigenvalue weighted by atomic mass is 10.1. The van der Waals surface area contributed by atoms with Crippen LogP contribution in [-0.4, -0.2) is 32.8 Å². The van der Waals surface area contributed by atoms with Gasteiger partial charge in [0.25, 0.3) is 0 Å². The van der Waals surface area contributed by atoms with Crippen LogP contribution in [0.15, 0.2) is 40.6 Å². The number of benzene rings is 1. The molecule has 2 aromatic rings. The molecule has 0 saturated heterocycles. The van der Waals surface area contributed by atoms with E-state index in [1.807, 2.05) is 0 Å². The number of hydrogen-bond acceptors (Lipinski definition) is 5. The van der Waals surface area contributed by atoms with E-state index in [1.165, 1.54) is 29.6 Å². The predicted octanol–water partition coefficient (Wildman–Crippen LogP) is 3.37. The fourth-order valence-electron chi connectivity index (χ4n) is 2.17. The lowest BCUT2D eigenvalue weighted by Gasteiger charge is -2.20. The fourth-order valence-corrected chi connectivity index (χ4v) is 4.62. The summed E-state index contributed by atoms with van der Waals surface area (Å²) in [5.41, 5.74) is -1.09. The Kier molecular flexibility index (Phi) is 5.55. The van der Waals surface area contributed by atoms with E-state index in [0.717, 1.165) is 35.9 Å². The molecule has 0 spiro atoms. The molecule has 1 aromatic heterocycles. The summed E-state index contributed by atoms with van der Waals surface area (Å²) in [7, 11) is -1.90. The van der Waals surface area contributed by atoms with Crippen LogP contribution in [0.5, 0.6) is 0 Å². The summed E-state index contributed by atoms with van der Waals surface area (Å²) in [6.07, 6.45) is -4.60. The highest BCUT2D eigenvalue weighted by Gasteiger charge is 2.35. The van der Waals surface area contributed by atoms with Gasteiger partial charge in [0, 0.05) is 13.6 Å². The average Bonchev–Trinajstić information content (AvgIpc) is 3.04. The number of hydrogen-bond donors (Lipinski definition) is 0. The number of ether oxygens (including phenoxy) is 1. The van der Waals surface area contributed by atoms with Crippen LogP contribution in [0, 0.1) is 0 Å². The number of halogens is 3. The molecule has 0 aliphatic rings.